The molecule has 4 heteroatoms. The minimum absolute atomic E-state index is 0.0879. The predicted octanol–water partition coefficient (Wildman–Crippen LogP) is 3.20. The molecule has 22 heavy (non-hydrogen) atoms. The molecule has 2 aromatic rings. The van der Waals surface area contributed by atoms with E-state index in [1.54, 1.807) is 19.2 Å². The van der Waals surface area contributed by atoms with Crippen LogP contribution in [0.3, 0.4) is 0 Å². The lowest BCUT2D eigenvalue weighted by Crippen LogP contribution is -2.36. The SMILES string of the molecule is COc1ccc(C(=O)NC(C)COc2ccccc2)cc1C. The lowest BCUT2D eigenvalue weighted by atomic mass is 10.1. The van der Waals surface area contributed by atoms with Gasteiger partial charge in [0.1, 0.15) is 18.1 Å². The number of methoxy groups -OCH3 is 1. The van der Waals surface area contributed by atoms with Crippen molar-refractivity contribution >= 4 is 5.91 Å². The van der Waals surface area contributed by atoms with Gasteiger partial charge in [-0.05, 0) is 49.7 Å². The molecule has 2 rings (SSSR count). The van der Waals surface area contributed by atoms with E-state index in [-0.39, 0.29) is 11.9 Å². The van der Waals surface area contributed by atoms with Gasteiger partial charge in [-0.2, -0.15) is 0 Å². The zero-order valence-corrected chi connectivity index (χ0v) is 13.1. The molecule has 1 unspecified atom stereocenters. The summed E-state index contributed by atoms with van der Waals surface area (Å²) in [5, 5.41) is 2.93. The Balaban J connectivity index is 1.89. The average molecular weight is 299 g/mol. The van der Waals surface area contributed by atoms with E-state index in [0.29, 0.717) is 12.2 Å². The van der Waals surface area contributed by atoms with Crippen LogP contribution in [0.15, 0.2) is 48.5 Å². The largest absolute Gasteiger partial charge is 0.496 e. The highest BCUT2D eigenvalue weighted by atomic mass is 16.5. The minimum atomic E-state index is -0.116. The van der Waals surface area contributed by atoms with Gasteiger partial charge < -0.3 is 14.8 Å². The van der Waals surface area contributed by atoms with Crippen molar-refractivity contribution in [3.05, 3.63) is 59.7 Å². The maximum Gasteiger partial charge on any atom is 0.251 e. The molecule has 0 heterocycles. The third-order valence-electron chi connectivity index (χ3n) is 3.28. The normalized spacial score (nSPS) is 11.6. The van der Waals surface area contributed by atoms with Crippen LogP contribution in [0.25, 0.3) is 0 Å². The van der Waals surface area contributed by atoms with Crippen LogP contribution in [0.1, 0.15) is 22.8 Å². The molecule has 4 nitrogen and oxygen atoms in total. The van der Waals surface area contributed by atoms with Crippen molar-refractivity contribution in [2.24, 2.45) is 0 Å². The summed E-state index contributed by atoms with van der Waals surface area (Å²) in [5.41, 5.74) is 1.55. The molecule has 1 atom stereocenters. The molecule has 116 valence electrons. The van der Waals surface area contributed by atoms with Crippen LogP contribution in [0, 0.1) is 6.92 Å². The van der Waals surface area contributed by atoms with Crippen molar-refractivity contribution in [3.63, 3.8) is 0 Å². The van der Waals surface area contributed by atoms with Crippen LogP contribution < -0.4 is 14.8 Å². The Morgan fingerprint density at radius 2 is 1.91 bits per heavy atom. The number of aryl methyl sites for hydroxylation is 1. The van der Waals surface area contributed by atoms with Gasteiger partial charge in [0.15, 0.2) is 0 Å². The van der Waals surface area contributed by atoms with E-state index >= 15 is 0 Å². The first kappa shape index (κ1) is 15.9. The van der Waals surface area contributed by atoms with E-state index in [9.17, 15) is 4.79 Å². The Hall–Kier alpha value is -2.49. The van der Waals surface area contributed by atoms with Gasteiger partial charge in [-0.25, -0.2) is 0 Å². The van der Waals surface area contributed by atoms with E-state index in [2.05, 4.69) is 5.32 Å². The Labute approximate surface area is 131 Å². The van der Waals surface area contributed by atoms with Crippen molar-refractivity contribution in [2.75, 3.05) is 13.7 Å². The smallest absolute Gasteiger partial charge is 0.251 e. The van der Waals surface area contributed by atoms with Crippen molar-refractivity contribution in [1.82, 2.24) is 5.32 Å². The molecule has 2 aromatic carbocycles. The molecule has 0 saturated heterocycles. The van der Waals surface area contributed by atoms with Crippen LogP contribution in [-0.4, -0.2) is 25.7 Å². The fourth-order valence-electron chi connectivity index (χ4n) is 2.11. The quantitative estimate of drug-likeness (QED) is 0.891. The standard InChI is InChI=1S/C18H21NO3/c1-13-11-15(9-10-17(13)21-3)18(20)19-14(2)12-22-16-7-5-4-6-8-16/h4-11,14H,12H2,1-3H3,(H,19,20). The number of carbonyl (C=O) groups excluding carboxylic acids is 1. The van der Waals surface area contributed by atoms with Gasteiger partial charge >= 0.3 is 0 Å². The number of rotatable bonds is 6. The summed E-state index contributed by atoms with van der Waals surface area (Å²) >= 11 is 0. The lowest BCUT2D eigenvalue weighted by molar-refractivity contribution is 0.0926. The highest BCUT2D eigenvalue weighted by Crippen LogP contribution is 2.18. The molecule has 1 N–H and O–H groups in total. The van der Waals surface area contributed by atoms with E-state index in [1.807, 2.05) is 50.2 Å². The van der Waals surface area contributed by atoms with Gasteiger partial charge in [0.05, 0.1) is 13.2 Å². The summed E-state index contributed by atoms with van der Waals surface area (Å²) in [6.45, 7) is 4.25. The molecule has 0 bridgehead atoms. The van der Waals surface area contributed by atoms with Crippen LogP contribution >= 0.6 is 0 Å². The monoisotopic (exact) mass is 299 g/mol. The summed E-state index contributed by atoms with van der Waals surface area (Å²) in [6, 6.07) is 14.8. The molecule has 0 aliphatic carbocycles. The first-order valence-corrected chi connectivity index (χ1v) is 7.23. The number of hydrogen-bond acceptors (Lipinski definition) is 3. The number of benzene rings is 2. The highest BCUT2D eigenvalue weighted by molar-refractivity contribution is 5.94. The third kappa shape index (κ3) is 4.25. The summed E-state index contributed by atoms with van der Waals surface area (Å²) in [4.78, 5) is 12.2. The highest BCUT2D eigenvalue weighted by Gasteiger charge is 2.11. The molecule has 0 aromatic heterocycles. The molecule has 0 aliphatic rings. The maximum atomic E-state index is 12.2. The molecule has 0 aliphatic heterocycles. The number of ether oxygens (including phenoxy) is 2. The molecule has 0 fully saturated rings. The molecule has 0 radical (unpaired) electrons. The van der Waals surface area contributed by atoms with Crippen molar-refractivity contribution < 1.29 is 14.3 Å². The first-order valence-electron chi connectivity index (χ1n) is 7.23. The van der Waals surface area contributed by atoms with E-state index in [1.165, 1.54) is 0 Å². The molecule has 0 saturated carbocycles. The minimum Gasteiger partial charge on any atom is -0.496 e. The van der Waals surface area contributed by atoms with Crippen LogP contribution in [0.4, 0.5) is 0 Å². The fraction of sp³-hybridized carbons (Fsp3) is 0.278. The second-order valence-electron chi connectivity index (χ2n) is 5.18. The second-order valence-corrected chi connectivity index (χ2v) is 5.18. The number of carbonyl (C=O) groups is 1. The summed E-state index contributed by atoms with van der Waals surface area (Å²) in [5.74, 6) is 1.45. The van der Waals surface area contributed by atoms with Gasteiger partial charge in [0, 0.05) is 5.56 Å². The Bertz CT molecular complexity index is 625. The summed E-state index contributed by atoms with van der Waals surface area (Å²) in [6.07, 6.45) is 0. The molecule has 1 amide bonds. The van der Waals surface area contributed by atoms with Crippen LogP contribution in [0.5, 0.6) is 11.5 Å². The summed E-state index contributed by atoms with van der Waals surface area (Å²) < 4.78 is 10.8. The fourth-order valence-corrected chi connectivity index (χ4v) is 2.11. The summed E-state index contributed by atoms with van der Waals surface area (Å²) in [7, 11) is 1.62. The topological polar surface area (TPSA) is 47.6 Å². The predicted molar refractivity (Wildman–Crippen MR) is 86.6 cm³/mol. The van der Waals surface area contributed by atoms with Crippen molar-refractivity contribution in [2.45, 2.75) is 19.9 Å². The van der Waals surface area contributed by atoms with Crippen LogP contribution in [-0.2, 0) is 0 Å². The zero-order chi connectivity index (χ0) is 15.9. The lowest BCUT2D eigenvalue weighted by Gasteiger charge is -2.15. The number of amides is 1. The van der Waals surface area contributed by atoms with Gasteiger partial charge in [0.25, 0.3) is 5.91 Å². The number of nitrogens with one attached hydrogen (secondary N) is 1. The Morgan fingerprint density at radius 3 is 2.55 bits per heavy atom. The van der Waals surface area contributed by atoms with Crippen LogP contribution in [0.2, 0.25) is 0 Å². The van der Waals surface area contributed by atoms with Gasteiger partial charge in [-0.3, -0.25) is 4.79 Å². The van der Waals surface area contributed by atoms with E-state index in [4.69, 9.17) is 9.47 Å². The van der Waals surface area contributed by atoms with Gasteiger partial charge in [-0.1, -0.05) is 18.2 Å². The molecular weight excluding hydrogens is 278 g/mol. The zero-order valence-electron chi connectivity index (χ0n) is 13.1. The second kappa shape index (κ2) is 7.50. The van der Waals surface area contributed by atoms with E-state index < -0.39 is 0 Å². The molecule has 0 spiro atoms. The Morgan fingerprint density at radius 1 is 1.18 bits per heavy atom. The van der Waals surface area contributed by atoms with Crippen molar-refractivity contribution in [1.29, 1.82) is 0 Å². The Kier molecular flexibility index (Phi) is 5.42. The number of para-hydroxylation sites is 1. The van der Waals surface area contributed by atoms with Gasteiger partial charge in [0.2, 0.25) is 0 Å². The first-order chi connectivity index (χ1) is 10.6. The van der Waals surface area contributed by atoms with Gasteiger partial charge in [-0.15, -0.1) is 0 Å². The van der Waals surface area contributed by atoms with E-state index in [0.717, 1.165) is 17.1 Å². The number of hydrogen-bond donors (Lipinski definition) is 1. The molecular formula is C18H21NO3. The average Bonchev–Trinajstić information content (AvgIpc) is 2.53. The van der Waals surface area contributed by atoms with Crippen molar-refractivity contribution in [3.8, 4) is 11.5 Å². The maximum absolute atomic E-state index is 12.2. The third-order valence-corrected chi connectivity index (χ3v) is 3.28.